The maximum atomic E-state index is 5.97. The summed E-state index contributed by atoms with van der Waals surface area (Å²) in [7, 11) is 0. The van der Waals surface area contributed by atoms with Gasteiger partial charge in [0, 0.05) is 5.02 Å². The van der Waals surface area contributed by atoms with Crippen LogP contribution in [0.25, 0.3) is 0 Å². The van der Waals surface area contributed by atoms with Crippen molar-refractivity contribution in [1.29, 1.82) is 0 Å². The van der Waals surface area contributed by atoms with E-state index in [-0.39, 0.29) is 0 Å². The molecule has 1 heterocycles. The van der Waals surface area contributed by atoms with Crippen LogP contribution in [-0.2, 0) is 6.42 Å². The Morgan fingerprint density at radius 1 is 1.33 bits per heavy atom. The number of anilines is 1. The van der Waals surface area contributed by atoms with Crippen LogP contribution in [0.3, 0.4) is 0 Å². The molecule has 0 saturated carbocycles. The Morgan fingerprint density at radius 2 is 2.11 bits per heavy atom. The van der Waals surface area contributed by atoms with Gasteiger partial charge in [0.1, 0.15) is 17.9 Å². The first kappa shape index (κ1) is 12.6. The molecule has 5 heteroatoms. The molecule has 94 valence electrons. The second-order valence-corrected chi connectivity index (χ2v) is 4.32. The van der Waals surface area contributed by atoms with Crippen LogP contribution in [0.1, 0.15) is 18.1 Å². The summed E-state index contributed by atoms with van der Waals surface area (Å²) in [4.78, 5) is 8.06. The Hall–Kier alpha value is -1.81. The first-order chi connectivity index (χ1) is 8.61. The monoisotopic (exact) mass is 263 g/mol. The average molecular weight is 264 g/mol. The molecule has 0 aliphatic heterocycles. The minimum absolute atomic E-state index is 0.452. The highest BCUT2D eigenvalue weighted by Gasteiger charge is 2.10. The molecule has 18 heavy (non-hydrogen) atoms. The number of benzene rings is 1. The highest BCUT2D eigenvalue weighted by Crippen LogP contribution is 2.28. The third-order valence-corrected chi connectivity index (χ3v) is 3.06. The smallest absolute Gasteiger partial charge is 0.227 e. The van der Waals surface area contributed by atoms with E-state index < -0.39 is 0 Å². The van der Waals surface area contributed by atoms with E-state index in [1.54, 1.807) is 12.1 Å². The van der Waals surface area contributed by atoms with Crippen molar-refractivity contribution in [2.24, 2.45) is 0 Å². The summed E-state index contributed by atoms with van der Waals surface area (Å²) in [5.41, 5.74) is 7.55. The molecule has 0 radical (unpaired) electrons. The number of hydrogen-bond donors (Lipinski definition) is 1. The van der Waals surface area contributed by atoms with Gasteiger partial charge < -0.3 is 10.5 Å². The van der Waals surface area contributed by atoms with E-state index in [0.29, 0.717) is 28.9 Å². The van der Waals surface area contributed by atoms with Gasteiger partial charge in [0.25, 0.3) is 0 Å². The molecule has 4 nitrogen and oxygen atoms in total. The zero-order valence-corrected chi connectivity index (χ0v) is 11.0. The van der Waals surface area contributed by atoms with Crippen molar-refractivity contribution < 1.29 is 4.74 Å². The number of rotatable bonds is 3. The van der Waals surface area contributed by atoms with Crippen LogP contribution in [0.2, 0.25) is 5.02 Å². The molecule has 0 aliphatic carbocycles. The zero-order valence-electron chi connectivity index (χ0n) is 10.3. The summed E-state index contributed by atoms with van der Waals surface area (Å²) >= 11 is 5.97. The van der Waals surface area contributed by atoms with E-state index in [0.717, 1.165) is 11.1 Å². The highest BCUT2D eigenvalue weighted by molar-refractivity contribution is 6.31. The number of nitrogen functional groups attached to an aromatic ring is 1. The molecule has 1 aromatic carbocycles. The van der Waals surface area contributed by atoms with Crippen molar-refractivity contribution in [3.8, 4) is 11.6 Å². The van der Waals surface area contributed by atoms with Gasteiger partial charge in [0.15, 0.2) is 0 Å². The van der Waals surface area contributed by atoms with Crippen molar-refractivity contribution in [2.75, 3.05) is 5.73 Å². The number of hydrogen-bond acceptors (Lipinski definition) is 4. The van der Waals surface area contributed by atoms with Gasteiger partial charge in [-0.05, 0) is 37.1 Å². The van der Waals surface area contributed by atoms with Gasteiger partial charge in [-0.3, -0.25) is 0 Å². The number of ether oxygens (including phenoxy) is 1. The Kier molecular flexibility index (Phi) is 3.67. The fraction of sp³-hybridized carbons (Fsp3) is 0.231. The van der Waals surface area contributed by atoms with Gasteiger partial charge in [-0.25, -0.2) is 9.97 Å². The minimum atomic E-state index is 0.452. The fourth-order valence-electron chi connectivity index (χ4n) is 1.62. The molecule has 0 fully saturated rings. The summed E-state index contributed by atoms with van der Waals surface area (Å²) in [6.45, 7) is 3.90. The van der Waals surface area contributed by atoms with Crippen molar-refractivity contribution in [3.05, 3.63) is 40.7 Å². The lowest BCUT2D eigenvalue weighted by atomic mass is 10.2. The van der Waals surface area contributed by atoms with Crippen molar-refractivity contribution in [2.45, 2.75) is 20.3 Å². The third kappa shape index (κ3) is 2.54. The van der Waals surface area contributed by atoms with E-state index in [2.05, 4.69) is 9.97 Å². The van der Waals surface area contributed by atoms with Crippen LogP contribution in [0.5, 0.6) is 11.6 Å². The van der Waals surface area contributed by atoms with E-state index >= 15 is 0 Å². The number of halogens is 1. The molecule has 0 bridgehead atoms. The van der Waals surface area contributed by atoms with Crippen molar-refractivity contribution in [1.82, 2.24) is 9.97 Å². The second kappa shape index (κ2) is 5.23. The standard InChI is InChI=1S/C13H14ClN3O/c1-3-10-12(15)16-7-17-13(10)18-9-4-5-11(14)8(2)6-9/h4-7H,3H2,1-2H3,(H2,15,16,17). The molecule has 0 saturated heterocycles. The normalized spacial score (nSPS) is 10.4. The van der Waals surface area contributed by atoms with E-state index in [1.165, 1.54) is 6.33 Å². The largest absolute Gasteiger partial charge is 0.439 e. The lowest BCUT2D eigenvalue weighted by molar-refractivity contribution is 0.455. The van der Waals surface area contributed by atoms with Gasteiger partial charge in [0.05, 0.1) is 5.56 Å². The highest BCUT2D eigenvalue weighted by atomic mass is 35.5. The lowest BCUT2D eigenvalue weighted by Crippen LogP contribution is -2.01. The number of nitrogens with zero attached hydrogens (tertiary/aromatic N) is 2. The topological polar surface area (TPSA) is 61.0 Å². The Morgan fingerprint density at radius 3 is 2.78 bits per heavy atom. The van der Waals surface area contributed by atoms with Crippen molar-refractivity contribution >= 4 is 17.4 Å². The summed E-state index contributed by atoms with van der Waals surface area (Å²) in [5.74, 6) is 1.63. The lowest BCUT2D eigenvalue weighted by Gasteiger charge is -2.10. The van der Waals surface area contributed by atoms with Crippen LogP contribution in [0.4, 0.5) is 5.82 Å². The summed E-state index contributed by atoms with van der Waals surface area (Å²) in [6.07, 6.45) is 2.11. The van der Waals surface area contributed by atoms with Crippen LogP contribution >= 0.6 is 11.6 Å². The van der Waals surface area contributed by atoms with Crippen LogP contribution in [-0.4, -0.2) is 9.97 Å². The predicted molar refractivity (Wildman–Crippen MR) is 72.1 cm³/mol. The molecule has 0 atom stereocenters. The van der Waals surface area contributed by atoms with Gasteiger partial charge >= 0.3 is 0 Å². The number of aryl methyl sites for hydroxylation is 1. The zero-order chi connectivity index (χ0) is 13.1. The van der Waals surface area contributed by atoms with Gasteiger partial charge in [-0.15, -0.1) is 0 Å². The first-order valence-electron chi connectivity index (χ1n) is 5.65. The summed E-state index contributed by atoms with van der Waals surface area (Å²) < 4.78 is 5.73. The molecule has 0 aliphatic rings. The summed E-state index contributed by atoms with van der Waals surface area (Å²) in [6, 6.07) is 5.45. The van der Waals surface area contributed by atoms with Crippen molar-refractivity contribution in [3.63, 3.8) is 0 Å². The molecular weight excluding hydrogens is 250 g/mol. The molecule has 0 unspecified atom stereocenters. The molecule has 2 N–H and O–H groups in total. The van der Waals surface area contributed by atoms with E-state index in [4.69, 9.17) is 22.1 Å². The molecule has 2 aromatic rings. The number of nitrogens with two attached hydrogens (primary N) is 1. The Labute approximate surface area is 111 Å². The van der Waals surface area contributed by atoms with Gasteiger partial charge in [0.2, 0.25) is 5.88 Å². The van der Waals surface area contributed by atoms with Gasteiger partial charge in [-0.1, -0.05) is 18.5 Å². The fourth-order valence-corrected chi connectivity index (χ4v) is 1.74. The Bertz CT molecular complexity index is 572. The molecular formula is C13H14ClN3O. The molecule has 0 amide bonds. The van der Waals surface area contributed by atoms with Crippen LogP contribution in [0.15, 0.2) is 24.5 Å². The minimum Gasteiger partial charge on any atom is -0.439 e. The first-order valence-corrected chi connectivity index (χ1v) is 6.03. The predicted octanol–water partition coefficient (Wildman–Crippen LogP) is 3.38. The van der Waals surface area contributed by atoms with Crippen LogP contribution in [0, 0.1) is 6.92 Å². The number of aromatic nitrogens is 2. The SMILES string of the molecule is CCc1c(N)ncnc1Oc1ccc(Cl)c(C)c1. The third-order valence-electron chi connectivity index (χ3n) is 2.64. The van der Waals surface area contributed by atoms with E-state index in [9.17, 15) is 0 Å². The quantitative estimate of drug-likeness (QED) is 0.922. The van der Waals surface area contributed by atoms with Crippen LogP contribution < -0.4 is 10.5 Å². The average Bonchev–Trinajstić information content (AvgIpc) is 2.34. The maximum absolute atomic E-state index is 5.97. The van der Waals surface area contributed by atoms with Gasteiger partial charge in [-0.2, -0.15) is 0 Å². The molecule has 2 rings (SSSR count). The maximum Gasteiger partial charge on any atom is 0.227 e. The molecule has 1 aromatic heterocycles. The second-order valence-electron chi connectivity index (χ2n) is 3.91. The molecule has 0 spiro atoms. The summed E-state index contributed by atoms with van der Waals surface area (Å²) in [5, 5.41) is 0.709. The Balaban J connectivity index is 2.34. The van der Waals surface area contributed by atoms with E-state index in [1.807, 2.05) is 19.9 Å².